The van der Waals surface area contributed by atoms with Crippen LogP contribution in [0.15, 0.2) is 12.5 Å². The number of aromatic nitrogens is 2. The van der Waals surface area contributed by atoms with Gasteiger partial charge in [-0.1, -0.05) is 6.92 Å². The summed E-state index contributed by atoms with van der Waals surface area (Å²) in [5.74, 6) is 0. The van der Waals surface area contributed by atoms with Crippen LogP contribution in [0.4, 0.5) is 0 Å². The van der Waals surface area contributed by atoms with Gasteiger partial charge in [0.2, 0.25) is 0 Å². The Morgan fingerprint density at radius 1 is 1.62 bits per heavy atom. The largest absolute Gasteiger partial charge is 0.378 e. The molecule has 2 unspecified atom stereocenters. The molecular weight excluding hydrogens is 202 g/mol. The van der Waals surface area contributed by atoms with E-state index in [0.717, 1.165) is 38.8 Å². The van der Waals surface area contributed by atoms with Crippen LogP contribution in [-0.4, -0.2) is 35.3 Å². The Morgan fingerprint density at radius 3 is 3.31 bits per heavy atom. The van der Waals surface area contributed by atoms with Crippen LogP contribution in [0.25, 0.3) is 0 Å². The third-order valence-electron chi connectivity index (χ3n) is 3.20. The molecule has 0 amide bonds. The smallest absolute Gasteiger partial charge is 0.0921 e. The average molecular weight is 223 g/mol. The summed E-state index contributed by atoms with van der Waals surface area (Å²) in [6.07, 6.45) is 8.52. The Kier molecular flexibility index (Phi) is 4.36. The maximum Gasteiger partial charge on any atom is 0.0921 e. The molecule has 1 aliphatic rings. The maximum atomic E-state index is 5.65. The van der Waals surface area contributed by atoms with Gasteiger partial charge in [0.15, 0.2) is 0 Å². The van der Waals surface area contributed by atoms with Crippen LogP contribution in [0.3, 0.4) is 0 Å². The first-order chi connectivity index (χ1) is 7.88. The lowest BCUT2D eigenvalue weighted by atomic mass is 10.0. The molecule has 16 heavy (non-hydrogen) atoms. The van der Waals surface area contributed by atoms with Crippen LogP contribution in [0.2, 0.25) is 0 Å². The molecule has 2 N–H and O–H groups in total. The number of nitrogens with zero attached hydrogens (tertiary/aromatic N) is 1. The number of H-pyrrole nitrogens is 1. The van der Waals surface area contributed by atoms with Gasteiger partial charge in [-0.3, -0.25) is 0 Å². The van der Waals surface area contributed by atoms with Gasteiger partial charge in [0, 0.05) is 37.5 Å². The molecule has 1 aliphatic heterocycles. The lowest BCUT2D eigenvalue weighted by Gasteiger charge is -2.29. The molecule has 4 heteroatoms. The van der Waals surface area contributed by atoms with Gasteiger partial charge in [-0.25, -0.2) is 4.98 Å². The molecule has 0 bridgehead atoms. The fraction of sp³-hybridized carbons (Fsp3) is 0.750. The van der Waals surface area contributed by atoms with Gasteiger partial charge in [-0.05, 0) is 19.3 Å². The van der Waals surface area contributed by atoms with E-state index in [0.29, 0.717) is 12.1 Å². The lowest BCUT2D eigenvalue weighted by Crippen LogP contribution is -2.39. The predicted octanol–water partition coefficient (Wildman–Crippen LogP) is 1.50. The van der Waals surface area contributed by atoms with Gasteiger partial charge in [0.05, 0.1) is 12.4 Å². The van der Waals surface area contributed by atoms with Gasteiger partial charge < -0.3 is 15.0 Å². The monoisotopic (exact) mass is 223 g/mol. The van der Waals surface area contributed by atoms with Crippen LogP contribution in [0.1, 0.15) is 31.9 Å². The third-order valence-corrected chi connectivity index (χ3v) is 3.20. The van der Waals surface area contributed by atoms with Crippen molar-refractivity contribution in [3.8, 4) is 0 Å². The molecule has 1 fully saturated rings. The second-order valence-corrected chi connectivity index (χ2v) is 4.40. The topological polar surface area (TPSA) is 49.9 Å². The molecular formula is C12H21N3O. The normalized spacial score (nSPS) is 25.8. The molecule has 0 aliphatic carbocycles. The minimum Gasteiger partial charge on any atom is -0.378 e. The highest BCUT2D eigenvalue weighted by atomic mass is 16.5. The maximum absolute atomic E-state index is 5.65. The fourth-order valence-corrected chi connectivity index (χ4v) is 2.18. The standard InChI is InChI=1S/C12H21N3O/c1-2-12-7-10(4-6-16-12)14-5-3-11-8-13-9-15-11/h8-10,12,14H,2-7H2,1H3,(H,13,15). The fourth-order valence-electron chi connectivity index (χ4n) is 2.18. The van der Waals surface area contributed by atoms with E-state index < -0.39 is 0 Å². The lowest BCUT2D eigenvalue weighted by molar-refractivity contribution is 0.000109. The van der Waals surface area contributed by atoms with Crippen molar-refractivity contribution in [3.05, 3.63) is 18.2 Å². The van der Waals surface area contributed by atoms with Crippen molar-refractivity contribution in [1.29, 1.82) is 0 Å². The van der Waals surface area contributed by atoms with E-state index in [1.54, 1.807) is 6.33 Å². The Balaban J connectivity index is 1.65. The number of ether oxygens (including phenoxy) is 1. The Morgan fingerprint density at radius 2 is 2.56 bits per heavy atom. The Labute approximate surface area is 96.8 Å². The molecule has 2 rings (SSSR count). The van der Waals surface area contributed by atoms with Gasteiger partial charge in [-0.2, -0.15) is 0 Å². The van der Waals surface area contributed by atoms with Crippen LogP contribution in [0.5, 0.6) is 0 Å². The average Bonchev–Trinajstić information content (AvgIpc) is 2.82. The van der Waals surface area contributed by atoms with E-state index >= 15 is 0 Å². The van der Waals surface area contributed by atoms with Gasteiger partial charge in [0.25, 0.3) is 0 Å². The summed E-state index contributed by atoms with van der Waals surface area (Å²) in [6.45, 7) is 4.11. The summed E-state index contributed by atoms with van der Waals surface area (Å²) in [7, 11) is 0. The predicted molar refractivity (Wildman–Crippen MR) is 63.3 cm³/mol. The highest BCUT2D eigenvalue weighted by molar-refractivity contribution is 4.94. The first-order valence-corrected chi connectivity index (χ1v) is 6.20. The van der Waals surface area contributed by atoms with Crippen molar-refractivity contribution in [3.63, 3.8) is 0 Å². The number of nitrogens with one attached hydrogen (secondary N) is 2. The molecule has 2 heterocycles. The first kappa shape index (κ1) is 11.6. The molecule has 90 valence electrons. The summed E-state index contributed by atoms with van der Waals surface area (Å²) in [5.41, 5.74) is 1.20. The Hall–Kier alpha value is -0.870. The molecule has 2 atom stereocenters. The van der Waals surface area contributed by atoms with E-state index in [1.165, 1.54) is 5.69 Å². The quantitative estimate of drug-likeness (QED) is 0.795. The first-order valence-electron chi connectivity index (χ1n) is 6.20. The minimum absolute atomic E-state index is 0.457. The zero-order valence-electron chi connectivity index (χ0n) is 9.91. The van der Waals surface area contributed by atoms with Crippen molar-refractivity contribution in [2.24, 2.45) is 0 Å². The summed E-state index contributed by atoms with van der Waals surface area (Å²) in [4.78, 5) is 7.13. The second-order valence-electron chi connectivity index (χ2n) is 4.40. The summed E-state index contributed by atoms with van der Waals surface area (Å²) in [6, 6.07) is 0.627. The highest BCUT2D eigenvalue weighted by Crippen LogP contribution is 2.16. The van der Waals surface area contributed by atoms with Crippen molar-refractivity contribution in [2.45, 2.75) is 44.8 Å². The van der Waals surface area contributed by atoms with Gasteiger partial charge >= 0.3 is 0 Å². The second kappa shape index (κ2) is 6.01. The SMILES string of the molecule is CCC1CC(NCCc2cnc[nH]2)CCO1. The van der Waals surface area contributed by atoms with Crippen molar-refractivity contribution >= 4 is 0 Å². The summed E-state index contributed by atoms with van der Waals surface area (Å²) in [5, 5.41) is 3.60. The van der Waals surface area contributed by atoms with E-state index in [1.807, 2.05) is 6.20 Å². The summed E-state index contributed by atoms with van der Waals surface area (Å²) < 4.78 is 5.65. The highest BCUT2D eigenvalue weighted by Gasteiger charge is 2.20. The van der Waals surface area contributed by atoms with Crippen molar-refractivity contribution in [2.75, 3.05) is 13.2 Å². The van der Waals surface area contributed by atoms with Crippen molar-refractivity contribution in [1.82, 2.24) is 15.3 Å². The van der Waals surface area contributed by atoms with Crippen LogP contribution >= 0.6 is 0 Å². The number of imidazole rings is 1. The van der Waals surface area contributed by atoms with Crippen LogP contribution in [-0.2, 0) is 11.2 Å². The molecule has 1 aromatic heterocycles. The van der Waals surface area contributed by atoms with E-state index in [2.05, 4.69) is 22.2 Å². The van der Waals surface area contributed by atoms with E-state index in [-0.39, 0.29) is 0 Å². The number of hydrogen-bond acceptors (Lipinski definition) is 3. The van der Waals surface area contributed by atoms with E-state index in [9.17, 15) is 0 Å². The minimum atomic E-state index is 0.457. The van der Waals surface area contributed by atoms with Crippen LogP contribution < -0.4 is 5.32 Å². The summed E-state index contributed by atoms with van der Waals surface area (Å²) >= 11 is 0. The molecule has 0 aromatic carbocycles. The van der Waals surface area contributed by atoms with E-state index in [4.69, 9.17) is 4.74 Å². The zero-order chi connectivity index (χ0) is 11.2. The van der Waals surface area contributed by atoms with Gasteiger partial charge in [-0.15, -0.1) is 0 Å². The molecule has 1 saturated heterocycles. The molecule has 0 saturated carbocycles. The molecule has 4 nitrogen and oxygen atoms in total. The zero-order valence-corrected chi connectivity index (χ0v) is 9.91. The third kappa shape index (κ3) is 3.32. The number of aromatic amines is 1. The van der Waals surface area contributed by atoms with Crippen LogP contribution in [0, 0.1) is 0 Å². The van der Waals surface area contributed by atoms with Crippen molar-refractivity contribution < 1.29 is 4.74 Å². The number of hydrogen-bond donors (Lipinski definition) is 2. The number of rotatable bonds is 5. The molecule has 0 radical (unpaired) electrons. The Bertz CT molecular complexity index is 286. The molecule has 1 aromatic rings. The van der Waals surface area contributed by atoms with Gasteiger partial charge in [0.1, 0.15) is 0 Å². The molecule has 0 spiro atoms.